The van der Waals surface area contributed by atoms with Gasteiger partial charge < -0.3 is 9.64 Å². The van der Waals surface area contributed by atoms with Crippen LogP contribution in [-0.4, -0.2) is 55.3 Å². The van der Waals surface area contributed by atoms with Crippen LogP contribution >= 0.6 is 11.6 Å². The summed E-state index contributed by atoms with van der Waals surface area (Å²) in [6, 6.07) is 11.4. The molecule has 0 aliphatic carbocycles. The number of benzene rings is 2. The normalized spacial score (nSPS) is 14.3. The minimum Gasteiger partial charge on any atom is -0.382 e. The third kappa shape index (κ3) is 3.46. The van der Waals surface area contributed by atoms with Gasteiger partial charge in [0.1, 0.15) is 0 Å². The van der Waals surface area contributed by atoms with E-state index in [1.165, 1.54) is 19.2 Å². The predicted octanol–water partition coefficient (Wildman–Crippen LogP) is 3.03. The quantitative estimate of drug-likeness (QED) is 0.741. The number of halogens is 1. The highest BCUT2D eigenvalue weighted by molar-refractivity contribution is 6.30. The topological polar surface area (TPSA) is 66.9 Å². The molecule has 0 bridgehead atoms. The van der Waals surface area contributed by atoms with Crippen LogP contribution in [0.25, 0.3) is 0 Å². The fourth-order valence-corrected chi connectivity index (χ4v) is 3.24. The SMILES string of the molecule is COCC(c1ccc(Cl)cc1)N(C)C(=O)c1ccc2c(c1)C(=O)N(C)C2=O. The van der Waals surface area contributed by atoms with E-state index in [0.29, 0.717) is 22.8 Å². The van der Waals surface area contributed by atoms with E-state index >= 15 is 0 Å². The molecule has 1 aliphatic rings. The van der Waals surface area contributed by atoms with Gasteiger partial charge in [0.2, 0.25) is 0 Å². The Morgan fingerprint density at radius 3 is 2.37 bits per heavy atom. The molecule has 0 aromatic heterocycles. The van der Waals surface area contributed by atoms with Gasteiger partial charge in [0, 0.05) is 31.8 Å². The lowest BCUT2D eigenvalue weighted by molar-refractivity contribution is 0.0602. The van der Waals surface area contributed by atoms with Crippen molar-refractivity contribution in [3.8, 4) is 0 Å². The molecule has 0 N–H and O–H groups in total. The number of hydrogen-bond donors (Lipinski definition) is 0. The minimum absolute atomic E-state index is 0.247. The van der Waals surface area contributed by atoms with Crippen LogP contribution in [0.4, 0.5) is 0 Å². The Morgan fingerprint density at radius 2 is 1.74 bits per heavy atom. The maximum absolute atomic E-state index is 13.0. The summed E-state index contributed by atoms with van der Waals surface area (Å²) in [5.41, 5.74) is 1.77. The monoisotopic (exact) mass is 386 g/mol. The molecule has 2 aromatic rings. The molecule has 0 radical (unpaired) electrons. The summed E-state index contributed by atoms with van der Waals surface area (Å²) in [5.74, 6) is -1.04. The van der Waals surface area contributed by atoms with Crippen molar-refractivity contribution in [2.75, 3.05) is 27.8 Å². The van der Waals surface area contributed by atoms with E-state index in [1.807, 2.05) is 12.1 Å². The number of carbonyl (C=O) groups is 3. The maximum atomic E-state index is 13.0. The molecule has 0 saturated heterocycles. The zero-order valence-electron chi connectivity index (χ0n) is 15.2. The van der Waals surface area contributed by atoms with Crippen molar-refractivity contribution in [1.29, 1.82) is 0 Å². The molecular weight excluding hydrogens is 368 g/mol. The second-order valence-corrected chi connectivity index (χ2v) is 6.80. The van der Waals surface area contributed by atoms with E-state index in [0.717, 1.165) is 10.5 Å². The molecule has 0 saturated carbocycles. The Hall–Kier alpha value is -2.70. The average Bonchev–Trinajstić information content (AvgIpc) is 2.89. The molecule has 2 aromatic carbocycles. The van der Waals surface area contributed by atoms with E-state index in [9.17, 15) is 14.4 Å². The first-order valence-electron chi connectivity index (χ1n) is 8.33. The van der Waals surface area contributed by atoms with Crippen molar-refractivity contribution in [3.05, 3.63) is 69.7 Å². The Morgan fingerprint density at radius 1 is 1.11 bits per heavy atom. The third-order valence-corrected chi connectivity index (χ3v) is 4.96. The number of hydrogen-bond acceptors (Lipinski definition) is 4. The molecular formula is C20H19ClN2O4. The first-order valence-corrected chi connectivity index (χ1v) is 8.71. The van der Waals surface area contributed by atoms with Crippen LogP contribution in [0.15, 0.2) is 42.5 Å². The molecule has 1 atom stereocenters. The smallest absolute Gasteiger partial charge is 0.261 e. The number of rotatable bonds is 5. The van der Waals surface area contributed by atoms with Crippen LogP contribution in [0.1, 0.15) is 42.7 Å². The largest absolute Gasteiger partial charge is 0.382 e. The Labute approximate surface area is 162 Å². The van der Waals surface area contributed by atoms with Crippen LogP contribution < -0.4 is 0 Å². The predicted molar refractivity (Wildman–Crippen MR) is 101 cm³/mol. The number of nitrogens with zero attached hydrogens (tertiary/aromatic N) is 2. The van der Waals surface area contributed by atoms with E-state index < -0.39 is 5.91 Å². The second-order valence-electron chi connectivity index (χ2n) is 6.37. The van der Waals surface area contributed by atoms with Gasteiger partial charge in [0.25, 0.3) is 17.7 Å². The summed E-state index contributed by atoms with van der Waals surface area (Å²) in [5, 5.41) is 0.606. The first kappa shape index (κ1) is 19.1. The molecule has 1 aliphatic heterocycles. The van der Waals surface area contributed by atoms with Crippen molar-refractivity contribution < 1.29 is 19.1 Å². The highest BCUT2D eigenvalue weighted by Crippen LogP contribution is 2.26. The van der Waals surface area contributed by atoms with Gasteiger partial charge in [-0.15, -0.1) is 0 Å². The summed E-state index contributed by atoms with van der Waals surface area (Å²) >= 11 is 5.95. The average molecular weight is 387 g/mol. The summed E-state index contributed by atoms with van der Waals surface area (Å²) in [7, 11) is 4.66. The van der Waals surface area contributed by atoms with Crippen molar-refractivity contribution in [3.63, 3.8) is 0 Å². The van der Waals surface area contributed by atoms with Gasteiger partial charge in [0.05, 0.1) is 23.8 Å². The number of carbonyl (C=O) groups excluding carboxylic acids is 3. The number of imide groups is 1. The molecule has 3 amide bonds. The first-order chi connectivity index (χ1) is 12.8. The van der Waals surface area contributed by atoms with Crippen molar-refractivity contribution in [2.24, 2.45) is 0 Å². The zero-order chi connectivity index (χ0) is 19.7. The number of likely N-dealkylation sites (N-methyl/N-ethyl adjacent to an activating group) is 1. The molecule has 7 heteroatoms. The van der Waals surface area contributed by atoms with Crippen molar-refractivity contribution >= 4 is 29.3 Å². The van der Waals surface area contributed by atoms with Gasteiger partial charge in [-0.25, -0.2) is 0 Å². The van der Waals surface area contributed by atoms with Crippen molar-refractivity contribution in [1.82, 2.24) is 9.80 Å². The Bertz CT molecular complexity index is 911. The van der Waals surface area contributed by atoms with Crippen molar-refractivity contribution in [2.45, 2.75) is 6.04 Å². The van der Waals surface area contributed by atoms with E-state index in [2.05, 4.69) is 0 Å². The van der Waals surface area contributed by atoms with Crippen LogP contribution in [0, 0.1) is 0 Å². The lowest BCUT2D eigenvalue weighted by atomic mass is 10.0. The van der Waals surface area contributed by atoms with Gasteiger partial charge in [-0.1, -0.05) is 23.7 Å². The van der Waals surface area contributed by atoms with Gasteiger partial charge in [0.15, 0.2) is 0 Å². The van der Waals surface area contributed by atoms with Crippen LogP contribution in [-0.2, 0) is 4.74 Å². The number of fused-ring (bicyclic) bond motifs is 1. The molecule has 1 heterocycles. The summed E-state index contributed by atoms with van der Waals surface area (Å²) in [4.78, 5) is 39.8. The fourth-order valence-electron chi connectivity index (χ4n) is 3.11. The molecule has 0 fully saturated rings. The molecule has 0 spiro atoms. The standard InChI is InChI=1S/C20H19ClN2O4/c1-22(17(11-27-3)12-4-7-14(21)8-5-12)18(24)13-6-9-15-16(10-13)20(26)23(2)19(15)25/h4-10,17H,11H2,1-3H3. The Balaban J connectivity index is 1.91. The lowest BCUT2D eigenvalue weighted by Gasteiger charge is -2.28. The molecule has 3 rings (SSSR count). The van der Waals surface area contributed by atoms with Gasteiger partial charge >= 0.3 is 0 Å². The number of amides is 3. The van der Waals surface area contributed by atoms with Crippen LogP contribution in [0.3, 0.4) is 0 Å². The molecule has 6 nitrogen and oxygen atoms in total. The molecule has 140 valence electrons. The summed E-state index contributed by atoms with van der Waals surface area (Å²) in [6.07, 6.45) is 0. The van der Waals surface area contributed by atoms with E-state index in [-0.39, 0.29) is 23.4 Å². The summed E-state index contributed by atoms with van der Waals surface area (Å²) in [6.45, 7) is 0.301. The fraction of sp³-hybridized carbons (Fsp3) is 0.250. The number of ether oxygens (including phenoxy) is 1. The minimum atomic E-state index is -0.404. The lowest BCUT2D eigenvalue weighted by Crippen LogP contribution is -2.33. The zero-order valence-corrected chi connectivity index (χ0v) is 16.0. The maximum Gasteiger partial charge on any atom is 0.261 e. The molecule has 1 unspecified atom stereocenters. The Kier molecular flexibility index (Phi) is 5.30. The highest BCUT2D eigenvalue weighted by Gasteiger charge is 2.34. The highest BCUT2D eigenvalue weighted by atomic mass is 35.5. The third-order valence-electron chi connectivity index (χ3n) is 4.70. The second kappa shape index (κ2) is 7.50. The molecule has 27 heavy (non-hydrogen) atoms. The van der Waals surface area contributed by atoms with Gasteiger partial charge in [-0.3, -0.25) is 19.3 Å². The van der Waals surface area contributed by atoms with Crippen LogP contribution in [0.2, 0.25) is 5.02 Å². The number of methoxy groups -OCH3 is 1. The van der Waals surface area contributed by atoms with Gasteiger partial charge in [-0.2, -0.15) is 0 Å². The van der Waals surface area contributed by atoms with E-state index in [4.69, 9.17) is 16.3 Å². The van der Waals surface area contributed by atoms with E-state index in [1.54, 1.807) is 37.3 Å². The van der Waals surface area contributed by atoms with Crippen LogP contribution in [0.5, 0.6) is 0 Å². The van der Waals surface area contributed by atoms with Gasteiger partial charge in [-0.05, 0) is 35.9 Å². The summed E-state index contributed by atoms with van der Waals surface area (Å²) < 4.78 is 5.28.